The average molecular weight is 315 g/mol. The Balaban J connectivity index is 1.69. The molecule has 1 aliphatic rings. The Morgan fingerprint density at radius 2 is 2.18 bits per heavy atom. The number of carbonyl (C=O) groups is 1. The van der Waals surface area contributed by atoms with Gasteiger partial charge in [-0.25, -0.2) is 0 Å². The Morgan fingerprint density at radius 3 is 2.86 bits per heavy atom. The smallest absolute Gasteiger partial charge is 0.252 e. The van der Waals surface area contributed by atoms with Gasteiger partial charge in [0.25, 0.3) is 5.91 Å². The predicted octanol–water partition coefficient (Wildman–Crippen LogP) is 3.10. The highest BCUT2D eigenvalue weighted by molar-refractivity contribution is 7.08. The highest BCUT2D eigenvalue weighted by Gasteiger charge is 2.23. The van der Waals surface area contributed by atoms with Crippen molar-refractivity contribution in [3.05, 3.63) is 52.5 Å². The monoisotopic (exact) mass is 315 g/mol. The third-order valence-corrected chi connectivity index (χ3v) is 4.82. The van der Waals surface area contributed by atoms with Gasteiger partial charge >= 0.3 is 0 Å². The lowest BCUT2D eigenvalue weighted by atomic mass is 10.0. The van der Waals surface area contributed by atoms with Crippen LogP contribution in [-0.2, 0) is 0 Å². The molecule has 116 valence electrons. The van der Waals surface area contributed by atoms with Crippen LogP contribution in [0.25, 0.3) is 0 Å². The number of nitrogens with zero attached hydrogens (tertiary/aromatic N) is 2. The van der Waals surface area contributed by atoms with Crippen molar-refractivity contribution in [2.45, 2.75) is 25.3 Å². The number of amides is 1. The summed E-state index contributed by atoms with van der Waals surface area (Å²) in [6.07, 6.45) is 7.47. The Kier molecular flexibility index (Phi) is 5.19. The second-order valence-corrected chi connectivity index (χ2v) is 6.40. The van der Waals surface area contributed by atoms with Gasteiger partial charge in [0.05, 0.1) is 6.04 Å². The molecule has 2 aromatic rings. The number of rotatable bonds is 5. The number of hydrogen-bond acceptors (Lipinski definition) is 4. The summed E-state index contributed by atoms with van der Waals surface area (Å²) >= 11 is 1.55. The number of likely N-dealkylation sites (tertiary alicyclic amines) is 1. The van der Waals surface area contributed by atoms with Gasteiger partial charge in [0, 0.05) is 29.9 Å². The van der Waals surface area contributed by atoms with E-state index in [0.29, 0.717) is 6.54 Å². The SMILES string of the molecule is O=C(NC[C@@H](c1cccnc1)N1CCCCC1)c1ccsc1. The standard InChI is InChI=1S/C17H21N3OS/c21-17(15-6-10-22-13-15)19-12-16(14-5-4-7-18-11-14)20-8-2-1-3-9-20/h4-7,10-11,13,16H,1-3,8-9,12H2,(H,19,21)/t16-/m0/s1. The quantitative estimate of drug-likeness (QED) is 0.922. The van der Waals surface area contributed by atoms with E-state index in [1.165, 1.54) is 24.8 Å². The lowest BCUT2D eigenvalue weighted by molar-refractivity contribution is 0.0925. The first-order chi connectivity index (χ1) is 10.8. The second-order valence-electron chi connectivity index (χ2n) is 5.62. The number of aromatic nitrogens is 1. The zero-order valence-electron chi connectivity index (χ0n) is 12.6. The maximum Gasteiger partial charge on any atom is 0.252 e. The number of carbonyl (C=O) groups excluding carboxylic acids is 1. The van der Waals surface area contributed by atoms with Crippen LogP contribution in [0.3, 0.4) is 0 Å². The Hall–Kier alpha value is -1.72. The molecule has 1 aliphatic heterocycles. The van der Waals surface area contributed by atoms with Crippen molar-refractivity contribution in [2.75, 3.05) is 19.6 Å². The molecule has 1 fully saturated rings. The highest BCUT2D eigenvalue weighted by Crippen LogP contribution is 2.23. The molecule has 0 bridgehead atoms. The summed E-state index contributed by atoms with van der Waals surface area (Å²) < 4.78 is 0. The maximum atomic E-state index is 12.2. The molecule has 1 saturated heterocycles. The van der Waals surface area contributed by atoms with Gasteiger partial charge in [-0.3, -0.25) is 14.7 Å². The predicted molar refractivity (Wildman–Crippen MR) is 89.1 cm³/mol. The minimum atomic E-state index is 0.00662. The summed E-state index contributed by atoms with van der Waals surface area (Å²) in [6.45, 7) is 2.81. The van der Waals surface area contributed by atoms with Crippen molar-refractivity contribution in [2.24, 2.45) is 0 Å². The molecule has 4 nitrogen and oxygen atoms in total. The van der Waals surface area contributed by atoms with Crippen LogP contribution < -0.4 is 5.32 Å². The largest absolute Gasteiger partial charge is 0.350 e. The summed E-state index contributed by atoms with van der Waals surface area (Å²) in [5.41, 5.74) is 1.92. The van der Waals surface area contributed by atoms with Crippen LogP contribution in [0.15, 0.2) is 41.4 Å². The van der Waals surface area contributed by atoms with Gasteiger partial charge in [-0.1, -0.05) is 12.5 Å². The Bertz CT molecular complexity index is 579. The number of piperidine rings is 1. The van der Waals surface area contributed by atoms with Crippen LogP contribution in [0.4, 0.5) is 0 Å². The van der Waals surface area contributed by atoms with Crippen molar-refractivity contribution < 1.29 is 4.79 Å². The molecular formula is C17H21N3OS. The fourth-order valence-corrected chi connectivity index (χ4v) is 3.58. The summed E-state index contributed by atoms with van der Waals surface area (Å²) in [6, 6.07) is 6.13. The molecule has 1 N–H and O–H groups in total. The first-order valence-corrected chi connectivity index (χ1v) is 8.73. The molecule has 0 radical (unpaired) electrons. The molecule has 5 heteroatoms. The number of pyridine rings is 1. The van der Waals surface area contributed by atoms with E-state index in [2.05, 4.69) is 21.3 Å². The van der Waals surface area contributed by atoms with Crippen LogP contribution in [0.5, 0.6) is 0 Å². The van der Waals surface area contributed by atoms with Crippen LogP contribution in [0.2, 0.25) is 0 Å². The van der Waals surface area contributed by atoms with Gasteiger partial charge in [-0.2, -0.15) is 11.3 Å². The molecular weight excluding hydrogens is 294 g/mol. The number of nitrogens with one attached hydrogen (secondary N) is 1. The molecule has 1 amide bonds. The van der Waals surface area contributed by atoms with Crippen molar-refractivity contribution in [3.8, 4) is 0 Å². The first-order valence-electron chi connectivity index (χ1n) is 7.79. The zero-order valence-corrected chi connectivity index (χ0v) is 13.4. The molecule has 22 heavy (non-hydrogen) atoms. The fraction of sp³-hybridized carbons (Fsp3) is 0.412. The molecule has 1 atom stereocenters. The van der Waals surface area contributed by atoms with E-state index in [9.17, 15) is 4.79 Å². The molecule has 3 heterocycles. The van der Waals surface area contributed by atoms with E-state index in [4.69, 9.17) is 0 Å². The van der Waals surface area contributed by atoms with Crippen molar-refractivity contribution >= 4 is 17.2 Å². The molecule has 0 unspecified atom stereocenters. The second kappa shape index (κ2) is 7.51. The molecule has 0 aliphatic carbocycles. The third-order valence-electron chi connectivity index (χ3n) is 4.14. The van der Waals surface area contributed by atoms with Crippen molar-refractivity contribution in [1.29, 1.82) is 0 Å². The number of hydrogen-bond donors (Lipinski definition) is 1. The average Bonchev–Trinajstić information content (AvgIpc) is 3.11. The van der Waals surface area contributed by atoms with Gasteiger partial charge < -0.3 is 5.32 Å². The van der Waals surface area contributed by atoms with Crippen molar-refractivity contribution in [3.63, 3.8) is 0 Å². The molecule has 2 aromatic heterocycles. The van der Waals surface area contributed by atoms with E-state index in [0.717, 1.165) is 18.7 Å². The molecule has 3 rings (SSSR count). The summed E-state index contributed by atoms with van der Waals surface area (Å²) in [5.74, 6) is 0.00662. The van der Waals surface area contributed by atoms with E-state index in [1.54, 1.807) is 17.5 Å². The van der Waals surface area contributed by atoms with Gasteiger partial charge in [-0.05, 0) is 49.0 Å². The van der Waals surface area contributed by atoms with Gasteiger partial charge in [0.1, 0.15) is 0 Å². The summed E-state index contributed by atoms with van der Waals surface area (Å²) in [4.78, 5) is 18.9. The number of thiophene rings is 1. The van der Waals surface area contributed by atoms with E-state index >= 15 is 0 Å². The van der Waals surface area contributed by atoms with Crippen LogP contribution in [-0.4, -0.2) is 35.4 Å². The van der Waals surface area contributed by atoms with Crippen LogP contribution in [0, 0.1) is 0 Å². The minimum absolute atomic E-state index is 0.00662. The highest BCUT2D eigenvalue weighted by atomic mass is 32.1. The minimum Gasteiger partial charge on any atom is -0.350 e. The first kappa shape index (κ1) is 15.2. The van der Waals surface area contributed by atoms with E-state index in [1.807, 2.05) is 29.1 Å². The third kappa shape index (κ3) is 3.72. The van der Waals surface area contributed by atoms with Crippen LogP contribution >= 0.6 is 11.3 Å². The van der Waals surface area contributed by atoms with Crippen LogP contribution in [0.1, 0.15) is 41.2 Å². The Labute approximate surface area is 135 Å². The fourth-order valence-electron chi connectivity index (χ4n) is 2.95. The van der Waals surface area contributed by atoms with Gasteiger partial charge in [0.2, 0.25) is 0 Å². The zero-order chi connectivity index (χ0) is 15.2. The molecule has 0 saturated carbocycles. The Morgan fingerprint density at radius 1 is 1.32 bits per heavy atom. The van der Waals surface area contributed by atoms with E-state index < -0.39 is 0 Å². The lowest BCUT2D eigenvalue weighted by Gasteiger charge is -2.34. The molecule has 0 aromatic carbocycles. The van der Waals surface area contributed by atoms with E-state index in [-0.39, 0.29) is 11.9 Å². The summed E-state index contributed by atoms with van der Waals surface area (Å²) in [7, 11) is 0. The van der Waals surface area contributed by atoms with Gasteiger partial charge in [0.15, 0.2) is 0 Å². The molecule has 0 spiro atoms. The normalized spacial score (nSPS) is 17.1. The van der Waals surface area contributed by atoms with Gasteiger partial charge in [-0.15, -0.1) is 0 Å². The topological polar surface area (TPSA) is 45.2 Å². The maximum absolute atomic E-state index is 12.2. The summed E-state index contributed by atoms with van der Waals surface area (Å²) in [5, 5.41) is 6.89. The lowest BCUT2D eigenvalue weighted by Crippen LogP contribution is -2.40. The van der Waals surface area contributed by atoms with Crippen molar-refractivity contribution in [1.82, 2.24) is 15.2 Å².